The van der Waals surface area contributed by atoms with Crippen LogP contribution >= 0.6 is 0 Å². The van der Waals surface area contributed by atoms with E-state index in [4.69, 9.17) is 9.47 Å². The number of sulfonamides is 1. The summed E-state index contributed by atoms with van der Waals surface area (Å²) in [7, 11) is -4.12. The van der Waals surface area contributed by atoms with Crippen LogP contribution in [0.15, 0.2) is 47.6 Å². The molecule has 252 valence electrons. The third-order valence-corrected chi connectivity index (χ3v) is 10.3. The minimum absolute atomic E-state index is 0.0205. The number of ether oxygens (including phenoxy) is 2. The van der Waals surface area contributed by atoms with Gasteiger partial charge in [0.05, 0.1) is 12.0 Å². The monoisotopic (exact) mass is 675 g/mol. The van der Waals surface area contributed by atoms with Crippen LogP contribution in [0.2, 0.25) is 0 Å². The van der Waals surface area contributed by atoms with Gasteiger partial charge in [-0.25, -0.2) is 13.4 Å². The van der Waals surface area contributed by atoms with Gasteiger partial charge in [0.1, 0.15) is 11.5 Å². The van der Waals surface area contributed by atoms with Crippen LogP contribution in [0, 0.1) is 26.2 Å². The van der Waals surface area contributed by atoms with Gasteiger partial charge in [-0.05, 0) is 86.6 Å². The summed E-state index contributed by atoms with van der Waals surface area (Å²) in [5.74, 6) is -3.19. The van der Waals surface area contributed by atoms with Gasteiger partial charge in [0.2, 0.25) is 21.7 Å². The van der Waals surface area contributed by atoms with E-state index in [2.05, 4.69) is 15.2 Å². The molecule has 0 spiro atoms. The lowest BCUT2D eigenvalue weighted by Gasteiger charge is -2.33. The largest absolute Gasteiger partial charge is 0.481 e. The van der Waals surface area contributed by atoms with Crippen LogP contribution in [0.3, 0.4) is 0 Å². The summed E-state index contributed by atoms with van der Waals surface area (Å²) in [6, 6.07) is 8.29. The van der Waals surface area contributed by atoms with Gasteiger partial charge in [-0.2, -0.15) is 17.5 Å². The number of halogens is 3. The van der Waals surface area contributed by atoms with E-state index in [9.17, 15) is 31.5 Å². The molecular weight excluding hydrogens is 639 g/mol. The smallest absolute Gasteiger partial charge is 0.452 e. The molecule has 1 atom stereocenters. The molecule has 15 heteroatoms. The summed E-state index contributed by atoms with van der Waals surface area (Å²) in [5, 5.41) is 17.5. The number of fused-ring (bicyclic) bond motifs is 2. The highest BCUT2D eigenvalue weighted by atomic mass is 32.2. The van der Waals surface area contributed by atoms with Crippen molar-refractivity contribution in [2.45, 2.75) is 64.6 Å². The maximum atomic E-state index is 14.1. The molecule has 1 aliphatic rings. The maximum absolute atomic E-state index is 14.1. The van der Waals surface area contributed by atoms with E-state index in [1.54, 1.807) is 45.9 Å². The molecule has 0 radical (unpaired) electrons. The number of pyridine rings is 2. The number of alkyl halides is 3. The quantitative estimate of drug-likeness (QED) is 0.289. The summed E-state index contributed by atoms with van der Waals surface area (Å²) >= 11 is 0. The molecule has 4 heterocycles. The van der Waals surface area contributed by atoms with Gasteiger partial charge >= 0.3 is 12.1 Å². The Kier molecular flexibility index (Phi) is 9.36. The molecule has 1 aromatic carbocycles. The number of aliphatic carboxylic acids is 1. The van der Waals surface area contributed by atoms with Crippen LogP contribution in [-0.2, 0) is 32.3 Å². The van der Waals surface area contributed by atoms with E-state index in [0.717, 1.165) is 9.96 Å². The SMILES string of the molecule is Cc1cnc2c(c1)S(=O)(=O)N(Cc1cc(C(c3ccn4c(C(F)(F)F)nnc4c3C)C(C)(C)C(=O)O)ccc1C)CCCOCCO2. The Bertz CT molecular complexity index is 1930. The second kappa shape index (κ2) is 12.8. The van der Waals surface area contributed by atoms with Crippen molar-refractivity contribution in [3.05, 3.63) is 81.9 Å². The molecule has 0 saturated heterocycles. The van der Waals surface area contributed by atoms with E-state index in [1.165, 1.54) is 28.8 Å². The predicted octanol–water partition coefficient (Wildman–Crippen LogP) is 5.30. The Labute approximate surface area is 270 Å². The number of hydrogen-bond donors (Lipinski definition) is 1. The molecule has 0 fully saturated rings. The number of rotatable bonds is 6. The van der Waals surface area contributed by atoms with Gasteiger partial charge in [-0.1, -0.05) is 18.2 Å². The van der Waals surface area contributed by atoms with E-state index in [0.29, 0.717) is 40.8 Å². The lowest BCUT2D eigenvalue weighted by molar-refractivity contribution is -0.147. The van der Waals surface area contributed by atoms with Gasteiger partial charge < -0.3 is 14.6 Å². The second-order valence-corrected chi connectivity index (χ2v) is 14.1. The maximum Gasteiger partial charge on any atom is 0.452 e. The van der Waals surface area contributed by atoms with E-state index >= 15 is 0 Å². The fraction of sp³-hybridized carbons (Fsp3) is 0.438. The number of carboxylic acids is 1. The third-order valence-electron chi connectivity index (χ3n) is 8.49. The van der Waals surface area contributed by atoms with Gasteiger partial charge in [0.15, 0.2) is 5.65 Å². The van der Waals surface area contributed by atoms with Gasteiger partial charge in [0.25, 0.3) is 0 Å². The standard InChI is InChI=1S/C32H36F3N5O6S/c1-19-15-25-28(36-17-19)46-14-13-45-12-6-10-39(47(25,43)44)18-23-16-22(8-7-20(23)2)26(31(4,5)30(41)42)24-9-11-40-27(21(24)3)37-38-29(40)32(33,34)35/h7-9,11,15-17,26H,6,10,12-14,18H2,1-5H3,(H,41,42). The Morgan fingerprint density at radius 3 is 2.51 bits per heavy atom. The minimum atomic E-state index is -4.74. The summed E-state index contributed by atoms with van der Waals surface area (Å²) in [6.07, 6.45) is -1.60. The first-order chi connectivity index (χ1) is 22.0. The van der Waals surface area contributed by atoms with Crippen molar-refractivity contribution < 1.29 is 41.0 Å². The molecule has 47 heavy (non-hydrogen) atoms. The summed E-state index contributed by atoms with van der Waals surface area (Å²) < 4.78 is 82.5. The van der Waals surface area contributed by atoms with Crippen LogP contribution in [0.5, 0.6) is 5.88 Å². The molecule has 0 saturated carbocycles. The predicted molar refractivity (Wildman–Crippen MR) is 165 cm³/mol. The molecule has 0 amide bonds. The van der Waals surface area contributed by atoms with E-state index < -0.39 is 39.3 Å². The second-order valence-electron chi connectivity index (χ2n) is 12.2. The zero-order valence-corrected chi connectivity index (χ0v) is 27.4. The van der Waals surface area contributed by atoms with Crippen molar-refractivity contribution in [1.29, 1.82) is 0 Å². The average Bonchev–Trinajstić information content (AvgIpc) is 3.44. The van der Waals surface area contributed by atoms with Gasteiger partial charge in [0, 0.05) is 38.0 Å². The molecule has 4 aromatic rings. The van der Waals surface area contributed by atoms with Crippen LogP contribution in [-0.4, -0.2) is 69.7 Å². The molecular formula is C32H36F3N5O6S. The Morgan fingerprint density at radius 1 is 1.06 bits per heavy atom. The summed E-state index contributed by atoms with van der Waals surface area (Å²) in [4.78, 5) is 16.8. The van der Waals surface area contributed by atoms with Gasteiger partial charge in [-0.15, -0.1) is 10.2 Å². The zero-order chi connectivity index (χ0) is 34.3. The number of hydrogen-bond acceptors (Lipinski definition) is 8. The number of carboxylic acid groups (broad SMARTS) is 1. The fourth-order valence-electron chi connectivity index (χ4n) is 5.83. The van der Waals surface area contributed by atoms with Crippen molar-refractivity contribution >= 4 is 21.6 Å². The van der Waals surface area contributed by atoms with Crippen molar-refractivity contribution in [2.24, 2.45) is 5.41 Å². The van der Waals surface area contributed by atoms with Gasteiger partial charge in [-0.3, -0.25) is 9.20 Å². The molecule has 0 bridgehead atoms. The van der Waals surface area contributed by atoms with Crippen molar-refractivity contribution in [1.82, 2.24) is 23.9 Å². The minimum Gasteiger partial charge on any atom is -0.481 e. The number of benzene rings is 1. The number of carbonyl (C=O) groups is 1. The van der Waals surface area contributed by atoms with Crippen LogP contribution in [0.1, 0.15) is 65.4 Å². The lowest BCUT2D eigenvalue weighted by Crippen LogP contribution is -2.34. The van der Waals surface area contributed by atoms with E-state index in [-0.39, 0.29) is 42.7 Å². The highest BCUT2D eigenvalue weighted by Gasteiger charge is 2.42. The molecule has 0 aliphatic carbocycles. The molecule has 5 rings (SSSR count). The molecule has 1 unspecified atom stereocenters. The van der Waals surface area contributed by atoms with Crippen molar-refractivity contribution in [2.75, 3.05) is 26.4 Å². The fourth-order valence-corrected chi connectivity index (χ4v) is 7.46. The highest BCUT2D eigenvalue weighted by Crippen LogP contribution is 2.44. The summed E-state index contributed by atoms with van der Waals surface area (Å²) in [6.45, 7) is 9.03. The van der Waals surface area contributed by atoms with Crippen LogP contribution < -0.4 is 4.74 Å². The van der Waals surface area contributed by atoms with E-state index in [1.807, 2.05) is 6.92 Å². The average molecular weight is 676 g/mol. The highest BCUT2D eigenvalue weighted by molar-refractivity contribution is 7.89. The Balaban J connectivity index is 1.62. The van der Waals surface area contributed by atoms with Crippen LogP contribution in [0.25, 0.3) is 5.65 Å². The first-order valence-corrected chi connectivity index (χ1v) is 16.4. The zero-order valence-electron chi connectivity index (χ0n) is 26.6. The molecule has 11 nitrogen and oxygen atoms in total. The third kappa shape index (κ3) is 6.69. The number of nitrogens with zero attached hydrogens (tertiary/aromatic N) is 5. The Morgan fingerprint density at radius 2 is 1.81 bits per heavy atom. The summed E-state index contributed by atoms with van der Waals surface area (Å²) in [5.41, 5.74) is 1.87. The van der Waals surface area contributed by atoms with Crippen molar-refractivity contribution in [3.63, 3.8) is 0 Å². The first-order valence-electron chi connectivity index (χ1n) is 14.9. The van der Waals surface area contributed by atoms with Crippen molar-refractivity contribution in [3.8, 4) is 5.88 Å². The number of aryl methyl sites for hydroxylation is 3. The topological polar surface area (TPSA) is 136 Å². The van der Waals surface area contributed by atoms with Crippen LogP contribution in [0.4, 0.5) is 13.2 Å². The normalized spacial score (nSPS) is 17.0. The lowest BCUT2D eigenvalue weighted by atomic mass is 9.70. The molecule has 1 N–H and O–H groups in total. The molecule has 3 aromatic heterocycles. The first kappa shape index (κ1) is 34.3. The number of aromatic nitrogens is 4. The molecule has 1 aliphatic heterocycles. The Hall–Kier alpha value is -4.08.